The summed E-state index contributed by atoms with van der Waals surface area (Å²) < 4.78 is 0. The molecule has 1 aromatic carbocycles. The second-order valence-electron chi connectivity index (χ2n) is 4.99. The molecule has 6 heteroatoms. The van der Waals surface area contributed by atoms with Crippen molar-refractivity contribution in [1.29, 1.82) is 5.26 Å². The Morgan fingerprint density at radius 3 is 2.95 bits per heavy atom. The molecule has 0 bridgehead atoms. The van der Waals surface area contributed by atoms with Gasteiger partial charge in [-0.3, -0.25) is 10.1 Å². The van der Waals surface area contributed by atoms with Gasteiger partial charge in [-0.25, -0.2) is 0 Å². The largest absolute Gasteiger partial charge is 0.363 e. The molecule has 1 atom stereocenters. The second-order valence-corrected chi connectivity index (χ2v) is 4.99. The summed E-state index contributed by atoms with van der Waals surface area (Å²) in [7, 11) is 0. The summed E-state index contributed by atoms with van der Waals surface area (Å²) >= 11 is 0. The van der Waals surface area contributed by atoms with E-state index < -0.39 is 0 Å². The van der Waals surface area contributed by atoms with E-state index in [-0.39, 0.29) is 16.7 Å². The van der Waals surface area contributed by atoms with Gasteiger partial charge in [0.15, 0.2) is 0 Å². The molecule has 1 saturated heterocycles. The number of nitrogens with two attached hydrogens (primary N) is 1. The number of piperidine rings is 1. The Morgan fingerprint density at radius 2 is 2.30 bits per heavy atom. The van der Waals surface area contributed by atoms with Crippen molar-refractivity contribution in [3.8, 4) is 6.07 Å². The van der Waals surface area contributed by atoms with Gasteiger partial charge in [-0.15, -0.1) is 0 Å². The molecule has 1 aliphatic rings. The molecule has 0 aromatic heterocycles. The van der Waals surface area contributed by atoms with Gasteiger partial charge >= 0.3 is 0 Å². The summed E-state index contributed by atoms with van der Waals surface area (Å²) in [5.41, 5.74) is 6.70. The van der Waals surface area contributed by atoms with Crippen molar-refractivity contribution in [2.24, 2.45) is 5.73 Å². The zero-order valence-corrected chi connectivity index (χ0v) is 11.3. The minimum Gasteiger partial charge on any atom is -0.363 e. The van der Waals surface area contributed by atoms with Crippen molar-refractivity contribution < 1.29 is 4.92 Å². The Kier molecular flexibility index (Phi) is 4.53. The Labute approximate surface area is 117 Å². The van der Waals surface area contributed by atoms with Crippen LogP contribution >= 0.6 is 0 Å². The fourth-order valence-electron chi connectivity index (χ4n) is 2.79. The summed E-state index contributed by atoms with van der Waals surface area (Å²) in [6.45, 7) is 1.34. The Hall–Kier alpha value is -2.13. The highest BCUT2D eigenvalue weighted by Crippen LogP contribution is 2.34. The number of rotatable bonds is 4. The number of hydrogen-bond donors (Lipinski definition) is 1. The lowest BCUT2D eigenvalue weighted by Gasteiger charge is -2.37. The fourth-order valence-corrected chi connectivity index (χ4v) is 2.79. The molecule has 0 radical (unpaired) electrons. The van der Waals surface area contributed by atoms with Crippen LogP contribution < -0.4 is 10.6 Å². The molecule has 2 rings (SSSR count). The highest BCUT2D eigenvalue weighted by atomic mass is 16.6. The summed E-state index contributed by atoms with van der Waals surface area (Å²) in [4.78, 5) is 12.9. The molecule has 1 aliphatic heterocycles. The zero-order chi connectivity index (χ0) is 14.5. The molecule has 20 heavy (non-hydrogen) atoms. The second kappa shape index (κ2) is 6.35. The molecule has 6 nitrogen and oxygen atoms in total. The monoisotopic (exact) mass is 274 g/mol. The van der Waals surface area contributed by atoms with Crippen LogP contribution in [0.1, 0.15) is 31.2 Å². The Balaban J connectivity index is 2.42. The molecule has 1 aromatic rings. The van der Waals surface area contributed by atoms with Gasteiger partial charge in [0.25, 0.3) is 5.69 Å². The summed E-state index contributed by atoms with van der Waals surface area (Å²) in [6, 6.07) is 6.80. The van der Waals surface area contributed by atoms with E-state index in [9.17, 15) is 10.1 Å². The smallest absolute Gasteiger partial charge is 0.292 e. The van der Waals surface area contributed by atoms with Gasteiger partial charge in [0.2, 0.25) is 0 Å². The van der Waals surface area contributed by atoms with Crippen LogP contribution in [-0.2, 0) is 0 Å². The molecule has 2 N–H and O–H groups in total. The first-order valence-corrected chi connectivity index (χ1v) is 6.82. The first-order chi connectivity index (χ1) is 9.67. The number of nitro groups is 1. The number of benzene rings is 1. The van der Waals surface area contributed by atoms with Crippen molar-refractivity contribution in [3.63, 3.8) is 0 Å². The van der Waals surface area contributed by atoms with E-state index in [2.05, 4.69) is 4.90 Å². The van der Waals surface area contributed by atoms with E-state index in [1.807, 2.05) is 6.07 Å². The Morgan fingerprint density at radius 1 is 1.50 bits per heavy atom. The molecule has 1 fully saturated rings. The molecule has 1 heterocycles. The number of hydrogen-bond acceptors (Lipinski definition) is 5. The van der Waals surface area contributed by atoms with Crippen LogP contribution in [-0.4, -0.2) is 24.1 Å². The number of nitro benzene ring substituents is 1. The summed E-state index contributed by atoms with van der Waals surface area (Å²) in [5.74, 6) is 0. The van der Waals surface area contributed by atoms with Gasteiger partial charge in [0, 0.05) is 18.7 Å². The zero-order valence-electron chi connectivity index (χ0n) is 11.3. The van der Waals surface area contributed by atoms with Gasteiger partial charge in [-0.05, 0) is 44.4 Å². The average molecular weight is 274 g/mol. The molecular weight excluding hydrogens is 256 g/mol. The maximum atomic E-state index is 11.2. The van der Waals surface area contributed by atoms with E-state index in [1.165, 1.54) is 12.1 Å². The van der Waals surface area contributed by atoms with Crippen LogP contribution in [0.3, 0.4) is 0 Å². The third kappa shape index (κ3) is 2.89. The highest BCUT2D eigenvalue weighted by molar-refractivity contribution is 5.66. The lowest BCUT2D eigenvalue weighted by molar-refractivity contribution is -0.384. The molecule has 0 amide bonds. The van der Waals surface area contributed by atoms with Crippen LogP contribution in [0.15, 0.2) is 18.2 Å². The minimum absolute atomic E-state index is 0.0629. The maximum absolute atomic E-state index is 11.2. The fraction of sp³-hybridized carbons (Fsp3) is 0.500. The van der Waals surface area contributed by atoms with E-state index in [0.717, 1.165) is 32.2 Å². The number of anilines is 1. The molecule has 106 valence electrons. The van der Waals surface area contributed by atoms with Gasteiger partial charge in [-0.1, -0.05) is 0 Å². The molecular formula is C14H18N4O2. The van der Waals surface area contributed by atoms with Gasteiger partial charge < -0.3 is 10.6 Å². The van der Waals surface area contributed by atoms with E-state index in [0.29, 0.717) is 17.8 Å². The quantitative estimate of drug-likeness (QED) is 0.670. The van der Waals surface area contributed by atoms with Crippen molar-refractivity contribution in [1.82, 2.24) is 0 Å². The SMILES string of the molecule is N#Cc1ccc([N+](=O)[O-])c(N2CCCCC2CCN)c1. The van der Waals surface area contributed by atoms with E-state index >= 15 is 0 Å². The topological polar surface area (TPSA) is 96.2 Å². The third-order valence-electron chi connectivity index (χ3n) is 3.74. The molecule has 0 saturated carbocycles. The predicted molar refractivity (Wildman–Crippen MR) is 76.5 cm³/mol. The lowest BCUT2D eigenvalue weighted by Crippen LogP contribution is -2.41. The average Bonchev–Trinajstić information content (AvgIpc) is 2.47. The van der Waals surface area contributed by atoms with Crippen LogP contribution in [0.25, 0.3) is 0 Å². The van der Waals surface area contributed by atoms with E-state index in [1.54, 1.807) is 6.07 Å². The number of nitriles is 1. The van der Waals surface area contributed by atoms with Crippen molar-refractivity contribution >= 4 is 11.4 Å². The van der Waals surface area contributed by atoms with Crippen molar-refractivity contribution in [2.75, 3.05) is 18.0 Å². The molecule has 0 aliphatic carbocycles. The third-order valence-corrected chi connectivity index (χ3v) is 3.74. The first kappa shape index (κ1) is 14.3. The predicted octanol–water partition coefficient (Wildman–Crippen LogP) is 2.17. The van der Waals surface area contributed by atoms with Gasteiger partial charge in [-0.2, -0.15) is 5.26 Å². The van der Waals surface area contributed by atoms with Crippen LogP contribution in [0.5, 0.6) is 0 Å². The minimum atomic E-state index is -0.384. The first-order valence-electron chi connectivity index (χ1n) is 6.82. The Bertz CT molecular complexity index is 536. The van der Waals surface area contributed by atoms with Crippen molar-refractivity contribution in [3.05, 3.63) is 33.9 Å². The van der Waals surface area contributed by atoms with Crippen LogP contribution in [0.4, 0.5) is 11.4 Å². The van der Waals surface area contributed by atoms with E-state index in [4.69, 9.17) is 11.0 Å². The molecule has 1 unspecified atom stereocenters. The lowest BCUT2D eigenvalue weighted by atomic mass is 9.97. The van der Waals surface area contributed by atoms with Gasteiger partial charge in [0.05, 0.1) is 16.6 Å². The normalized spacial score (nSPS) is 18.6. The van der Waals surface area contributed by atoms with Crippen LogP contribution in [0.2, 0.25) is 0 Å². The summed E-state index contributed by atoms with van der Waals surface area (Å²) in [5, 5.41) is 20.2. The van der Waals surface area contributed by atoms with Crippen LogP contribution in [0, 0.1) is 21.4 Å². The van der Waals surface area contributed by atoms with Gasteiger partial charge in [0.1, 0.15) is 5.69 Å². The summed E-state index contributed by atoms with van der Waals surface area (Å²) in [6.07, 6.45) is 3.93. The number of nitrogens with zero attached hydrogens (tertiary/aromatic N) is 3. The van der Waals surface area contributed by atoms with Crippen molar-refractivity contribution in [2.45, 2.75) is 31.7 Å². The highest BCUT2D eigenvalue weighted by Gasteiger charge is 2.27. The maximum Gasteiger partial charge on any atom is 0.292 e. The molecule has 0 spiro atoms. The standard InChI is InChI=1S/C14H18N4O2/c15-7-6-12-3-1-2-8-17(12)14-9-11(10-16)4-5-13(14)18(19)20/h4-5,9,12H,1-3,6-8,15H2.